The fourth-order valence-electron chi connectivity index (χ4n) is 5.71. The lowest BCUT2D eigenvalue weighted by Crippen LogP contribution is -2.48. The highest BCUT2D eigenvalue weighted by molar-refractivity contribution is 7.91. The molecule has 0 radical (unpaired) electrons. The number of benzene rings is 1. The van der Waals surface area contributed by atoms with Crippen LogP contribution in [0.5, 0.6) is 0 Å². The standard InChI is InChI=1S/C24H35N3O4S.C2HF3O2/c1-32(30,31)16-23(28)26(15-17-4-2-5-17)10-11-27-21-8-9-22(27)14-20(13-21)18-6-3-7-19(12-18)24(25)29;3-2(4,5)1(6)7/h3,6-7,12,17,20-22H,2,4-5,8-11,13-16H2,1H3,(H2,25,29);(H,6,7)/t20?,21-,22+;. The number of aliphatic carboxylic acids is 1. The molecule has 1 saturated carbocycles. The number of nitrogens with zero attached hydrogens (tertiary/aromatic N) is 2. The van der Waals surface area contributed by atoms with Gasteiger partial charge in [0.15, 0.2) is 9.84 Å². The van der Waals surface area contributed by atoms with E-state index in [4.69, 9.17) is 15.6 Å². The number of carbonyl (C=O) groups is 3. The molecule has 218 valence electrons. The third-order valence-corrected chi connectivity index (χ3v) is 8.61. The van der Waals surface area contributed by atoms with E-state index in [2.05, 4.69) is 11.0 Å². The first-order valence-electron chi connectivity index (χ1n) is 13.0. The number of alkyl halides is 3. The van der Waals surface area contributed by atoms with Gasteiger partial charge in [0.2, 0.25) is 11.8 Å². The Morgan fingerprint density at radius 3 is 2.15 bits per heavy atom. The molecule has 0 spiro atoms. The fourth-order valence-corrected chi connectivity index (χ4v) is 6.35. The number of halogens is 3. The van der Waals surface area contributed by atoms with Crippen molar-refractivity contribution in [1.82, 2.24) is 9.80 Å². The molecular formula is C26H36F3N3O6S. The summed E-state index contributed by atoms with van der Waals surface area (Å²) in [6.07, 6.45) is 3.88. The second kappa shape index (κ2) is 12.7. The molecule has 39 heavy (non-hydrogen) atoms. The highest BCUT2D eigenvalue weighted by atomic mass is 32.2. The quantitative estimate of drug-likeness (QED) is 0.462. The monoisotopic (exact) mass is 575 g/mol. The third kappa shape index (κ3) is 8.92. The molecule has 3 aliphatic rings. The summed E-state index contributed by atoms with van der Waals surface area (Å²) in [7, 11) is -3.33. The van der Waals surface area contributed by atoms with E-state index in [1.165, 1.54) is 12.0 Å². The number of carbonyl (C=O) groups excluding carboxylic acids is 2. The van der Waals surface area contributed by atoms with Gasteiger partial charge < -0.3 is 15.7 Å². The van der Waals surface area contributed by atoms with Crippen molar-refractivity contribution < 1.29 is 41.1 Å². The number of hydrogen-bond donors (Lipinski definition) is 2. The van der Waals surface area contributed by atoms with Crippen molar-refractivity contribution in [3.63, 3.8) is 0 Å². The summed E-state index contributed by atoms with van der Waals surface area (Å²) in [5, 5.41) is 7.12. The number of carboxylic acids is 1. The second-order valence-electron chi connectivity index (χ2n) is 10.8. The van der Waals surface area contributed by atoms with Crippen LogP contribution in [0, 0.1) is 5.92 Å². The maximum absolute atomic E-state index is 12.7. The minimum absolute atomic E-state index is 0.259. The molecule has 3 atom stereocenters. The van der Waals surface area contributed by atoms with E-state index in [-0.39, 0.29) is 5.91 Å². The Hall–Kier alpha value is -2.67. The highest BCUT2D eigenvalue weighted by Crippen LogP contribution is 2.43. The van der Waals surface area contributed by atoms with Gasteiger partial charge in [0, 0.05) is 43.5 Å². The van der Waals surface area contributed by atoms with Crippen molar-refractivity contribution >= 4 is 27.6 Å². The van der Waals surface area contributed by atoms with E-state index in [9.17, 15) is 31.2 Å². The number of hydrogen-bond acceptors (Lipinski definition) is 6. The smallest absolute Gasteiger partial charge is 0.475 e. The van der Waals surface area contributed by atoms with Crippen molar-refractivity contribution in [2.75, 3.05) is 31.6 Å². The van der Waals surface area contributed by atoms with E-state index >= 15 is 0 Å². The van der Waals surface area contributed by atoms with E-state index in [1.807, 2.05) is 12.1 Å². The number of carboxylic acid groups (broad SMARTS) is 1. The van der Waals surface area contributed by atoms with Crippen LogP contribution in [-0.4, -0.2) is 91.0 Å². The summed E-state index contributed by atoms with van der Waals surface area (Å²) in [6.45, 7) is 2.07. The average molecular weight is 576 g/mol. The van der Waals surface area contributed by atoms with Crippen molar-refractivity contribution in [3.05, 3.63) is 35.4 Å². The summed E-state index contributed by atoms with van der Waals surface area (Å²) in [5.74, 6) is -2.88. The van der Waals surface area contributed by atoms with Gasteiger partial charge in [-0.2, -0.15) is 13.2 Å². The predicted molar refractivity (Wildman–Crippen MR) is 138 cm³/mol. The van der Waals surface area contributed by atoms with Crippen molar-refractivity contribution in [3.8, 4) is 0 Å². The molecule has 2 bridgehead atoms. The molecule has 2 heterocycles. The molecule has 9 nitrogen and oxygen atoms in total. The molecule has 3 N–H and O–H groups in total. The van der Waals surface area contributed by atoms with Crippen LogP contribution < -0.4 is 5.73 Å². The molecular weight excluding hydrogens is 539 g/mol. The Labute approximate surface area is 226 Å². The lowest BCUT2D eigenvalue weighted by atomic mass is 9.84. The van der Waals surface area contributed by atoms with Gasteiger partial charge >= 0.3 is 12.1 Å². The number of nitrogens with two attached hydrogens (primary N) is 1. The first-order chi connectivity index (χ1) is 18.1. The normalized spacial score (nSPS) is 23.3. The van der Waals surface area contributed by atoms with Crippen LogP contribution in [0.15, 0.2) is 24.3 Å². The van der Waals surface area contributed by atoms with Crippen LogP contribution in [0.2, 0.25) is 0 Å². The van der Waals surface area contributed by atoms with Gasteiger partial charge in [-0.3, -0.25) is 14.5 Å². The van der Waals surface area contributed by atoms with E-state index < -0.39 is 33.6 Å². The zero-order chi connectivity index (χ0) is 29.0. The summed E-state index contributed by atoms with van der Waals surface area (Å²) in [4.78, 5) is 37.5. The summed E-state index contributed by atoms with van der Waals surface area (Å²) in [5.41, 5.74) is 7.21. The maximum Gasteiger partial charge on any atom is 0.490 e. The predicted octanol–water partition coefficient (Wildman–Crippen LogP) is 2.80. The Bertz CT molecular complexity index is 1140. The summed E-state index contributed by atoms with van der Waals surface area (Å²) < 4.78 is 55.1. The molecule has 2 aliphatic heterocycles. The number of sulfone groups is 1. The van der Waals surface area contributed by atoms with Crippen LogP contribution in [0.1, 0.15) is 66.8 Å². The lowest BCUT2D eigenvalue weighted by molar-refractivity contribution is -0.192. The van der Waals surface area contributed by atoms with Crippen LogP contribution >= 0.6 is 0 Å². The number of primary amides is 1. The molecule has 1 aromatic rings. The first kappa shape index (κ1) is 30.9. The molecule has 4 rings (SSSR count). The second-order valence-corrected chi connectivity index (χ2v) is 12.9. The summed E-state index contributed by atoms with van der Waals surface area (Å²) in [6, 6.07) is 8.64. The zero-order valence-corrected chi connectivity index (χ0v) is 22.7. The lowest BCUT2D eigenvalue weighted by Gasteiger charge is -2.41. The molecule has 13 heteroatoms. The number of fused-ring (bicyclic) bond motifs is 2. The topological polar surface area (TPSA) is 138 Å². The Balaban J connectivity index is 0.000000532. The zero-order valence-electron chi connectivity index (χ0n) is 21.9. The van der Waals surface area contributed by atoms with Crippen LogP contribution in [0.4, 0.5) is 13.2 Å². The Morgan fingerprint density at radius 2 is 1.69 bits per heavy atom. The maximum atomic E-state index is 12.7. The van der Waals surface area contributed by atoms with Crippen LogP contribution in [0.3, 0.4) is 0 Å². The first-order valence-corrected chi connectivity index (χ1v) is 15.1. The van der Waals surface area contributed by atoms with Gasteiger partial charge in [0.05, 0.1) is 0 Å². The largest absolute Gasteiger partial charge is 0.490 e. The minimum atomic E-state index is -5.08. The molecule has 1 unspecified atom stereocenters. The molecule has 0 aromatic heterocycles. The van der Waals surface area contributed by atoms with E-state index in [0.717, 1.165) is 51.3 Å². The molecule has 3 fully saturated rings. The van der Waals surface area contributed by atoms with Crippen LogP contribution in [0.25, 0.3) is 0 Å². The summed E-state index contributed by atoms with van der Waals surface area (Å²) >= 11 is 0. The molecule has 1 aromatic carbocycles. The van der Waals surface area contributed by atoms with Crippen molar-refractivity contribution in [2.24, 2.45) is 11.7 Å². The SMILES string of the molecule is CS(=O)(=O)CC(=O)N(CCN1[C@@H]2CC[C@H]1CC(c1cccc(C(N)=O)c1)C2)CC1CCC1.O=C(O)C(F)(F)F. The third-order valence-electron chi connectivity index (χ3n) is 7.84. The molecule has 1 aliphatic carbocycles. The van der Waals surface area contributed by atoms with Gasteiger partial charge in [-0.05, 0) is 68.1 Å². The number of rotatable bonds is 9. The van der Waals surface area contributed by atoms with E-state index in [0.29, 0.717) is 42.6 Å². The number of amides is 2. The van der Waals surface area contributed by atoms with Gasteiger partial charge in [-0.25, -0.2) is 13.2 Å². The van der Waals surface area contributed by atoms with E-state index in [1.54, 1.807) is 11.0 Å². The van der Waals surface area contributed by atoms with Gasteiger partial charge in [0.1, 0.15) is 5.75 Å². The van der Waals surface area contributed by atoms with Gasteiger partial charge in [0.25, 0.3) is 0 Å². The average Bonchev–Trinajstić information content (AvgIpc) is 3.03. The Kier molecular flexibility index (Phi) is 10.0. The van der Waals surface area contributed by atoms with Crippen molar-refractivity contribution in [2.45, 2.75) is 69.1 Å². The fraction of sp³-hybridized carbons (Fsp3) is 0.654. The van der Waals surface area contributed by atoms with Crippen molar-refractivity contribution in [1.29, 1.82) is 0 Å². The molecule has 2 amide bonds. The Morgan fingerprint density at radius 1 is 1.10 bits per heavy atom. The van der Waals surface area contributed by atoms with Gasteiger partial charge in [-0.1, -0.05) is 18.6 Å². The van der Waals surface area contributed by atoms with Crippen LogP contribution in [-0.2, 0) is 19.4 Å². The van der Waals surface area contributed by atoms with Gasteiger partial charge in [-0.15, -0.1) is 0 Å². The highest BCUT2D eigenvalue weighted by Gasteiger charge is 2.41. The molecule has 2 saturated heterocycles. The number of piperidine rings is 1. The minimum Gasteiger partial charge on any atom is -0.475 e.